The Morgan fingerprint density at radius 1 is 0.408 bits per heavy atom. The van der Waals surface area contributed by atoms with E-state index in [0.717, 1.165) is 62.7 Å². The van der Waals surface area contributed by atoms with E-state index in [0.29, 0.717) is 0 Å². The zero-order valence-corrected chi connectivity index (χ0v) is 29.4. The number of ether oxygens (including phenoxy) is 11. The van der Waals surface area contributed by atoms with Gasteiger partial charge in [-0.25, -0.2) is 9.59 Å². The van der Waals surface area contributed by atoms with Gasteiger partial charge in [-0.1, -0.05) is 15.9 Å². The molecule has 0 aromatic carbocycles. The van der Waals surface area contributed by atoms with E-state index in [1.54, 1.807) is 0 Å². The van der Waals surface area contributed by atoms with Crippen molar-refractivity contribution in [1.82, 2.24) is 0 Å². The van der Waals surface area contributed by atoms with E-state index in [1.807, 2.05) is 0 Å². The largest absolute Gasteiger partial charge is 0.467 e. The van der Waals surface area contributed by atoms with Crippen molar-refractivity contribution in [2.45, 2.75) is 109 Å². The molecule has 0 aromatic heterocycles. The van der Waals surface area contributed by atoms with Gasteiger partial charge in [-0.2, -0.15) is 0 Å². The molecule has 0 saturated carbocycles. The molecule has 276 valence electrons. The molecule has 2 fully saturated rings. The van der Waals surface area contributed by atoms with Crippen molar-refractivity contribution in [2.24, 2.45) is 0 Å². The molecule has 0 N–H and O–H groups in total. The van der Waals surface area contributed by atoms with Crippen LogP contribution in [0.4, 0.5) is 0 Å². The van der Waals surface area contributed by atoms with Crippen molar-refractivity contribution in [3.8, 4) is 0 Å². The first-order chi connectivity index (χ1) is 22.7. The fraction of sp³-hybridized carbons (Fsp3) is 0.679. The number of esters is 9. The molecule has 0 amide bonds. The number of rotatable bonds is 9. The lowest BCUT2D eigenvalue weighted by molar-refractivity contribution is -0.294. The maximum Gasteiger partial charge on any atom is 0.339 e. The molecule has 10 atom stereocenters. The Morgan fingerprint density at radius 3 is 1.04 bits per heavy atom. The van der Waals surface area contributed by atoms with Gasteiger partial charge in [-0.05, 0) is 0 Å². The Balaban J connectivity index is 0.000000494. The summed E-state index contributed by atoms with van der Waals surface area (Å²) in [5.41, 5.74) is 0. The summed E-state index contributed by atoms with van der Waals surface area (Å²) in [7, 11) is 2.18. The lowest BCUT2D eigenvalue weighted by Gasteiger charge is -2.42. The first kappa shape index (κ1) is 42.7. The fourth-order valence-electron chi connectivity index (χ4n) is 4.41. The van der Waals surface area contributed by atoms with Crippen LogP contribution in [0.15, 0.2) is 0 Å². The van der Waals surface area contributed by atoms with E-state index >= 15 is 0 Å². The standard InChI is InChI=1S/C15H20O11.C13H17BrO9/c1-6(16)22-10-11(23-7(2)17)13(24-8(3)18)15(25-9(4)19)26-12(10)14(20)21-5;1-5(15)20-8-9(21-6(2)16)11(13(18)19-4)23-12(14)10(8)22-7(3)17/h10-13,15H,1-5H3;8-12H,1-4H3/t10-,11-,12-,13+,15+;8-,9-,10+,11-,12-/m00/s1. The molecule has 2 aliphatic heterocycles. The van der Waals surface area contributed by atoms with Gasteiger partial charge in [0, 0.05) is 48.5 Å². The van der Waals surface area contributed by atoms with Crippen LogP contribution in [0.25, 0.3) is 0 Å². The Kier molecular flexibility index (Phi) is 17.0. The SMILES string of the molecule is COC(=O)[C@H]1O[C@@H](OC(C)=O)[C@H](OC(C)=O)[C@@H](OC(C)=O)[C@@H]1OC(C)=O.COC(=O)[C@H]1O[C@H](Br)[C@H](OC(C)=O)[C@@H](OC(C)=O)[C@@H]1OC(C)=O. The van der Waals surface area contributed by atoms with E-state index in [9.17, 15) is 43.2 Å². The molecule has 0 aromatic rings. The topological polar surface area (TPSA) is 255 Å². The van der Waals surface area contributed by atoms with Gasteiger partial charge in [0.2, 0.25) is 12.4 Å². The quantitative estimate of drug-likeness (QED) is 0.160. The van der Waals surface area contributed by atoms with Gasteiger partial charge in [0.05, 0.1) is 14.2 Å². The van der Waals surface area contributed by atoms with Crippen LogP contribution >= 0.6 is 15.9 Å². The zero-order valence-electron chi connectivity index (χ0n) is 27.8. The smallest absolute Gasteiger partial charge is 0.339 e. The van der Waals surface area contributed by atoms with E-state index < -0.39 is 114 Å². The second-order valence-corrected chi connectivity index (χ2v) is 10.8. The van der Waals surface area contributed by atoms with E-state index in [4.69, 9.17) is 42.6 Å². The minimum Gasteiger partial charge on any atom is -0.467 e. The summed E-state index contributed by atoms with van der Waals surface area (Å²) in [6.45, 7) is 7.61. The van der Waals surface area contributed by atoms with Crippen molar-refractivity contribution in [1.29, 1.82) is 0 Å². The highest BCUT2D eigenvalue weighted by Gasteiger charge is 2.56. The lowest BCUT2D eigenvalue weighted by atomic mass is 9.97. The maximum absolute atomic E-state index is 12.0. The zero-order chi connectivity index (χ0) is 37.7. The molecule has 21 heteroatoms. The molecule has 49 heavy (non-hydrogen) atoms. The third kappa shape index (κ3) is 13.2. The monoisotopic (exact) mass is 772 g/mol. The number of methoxy groups -OCH3 is 2. The molecule has 0 spiro atoms. The number of halogens is 1. The van der Waals surface area contributed by atoms with E-state index in [2.05, 4.69) is 25.4 Å². The second-order valence-electron chi connectivity index (χ2n) is 9.93. The van der Waals surface area contributed by atoms with Crippen LogP contribution in [0.3, 0.4) is 0 Å². The van der Waals surface area contributed by atoms with Gasteiger partial charge < -0.3 is 52.1 Å². The van der Waals surface area contributed by atoms with Gasteiger partial charge in [0.25, 0.3) is 0 Å². The summed E-state index contributed by atoms with van der Waals surface area (Å²) in [6, 6.07) is 0. The predicted octanol–water partition coefficient (Wildman–Crippen LogP) is -0.683. The molecule has 2 rings (SSSR count). The molecule has 2 heterocycles. The second kappa shape index (κ2) is 19.6. The third-order valence-electron chi connectivity index (χ3n) is 5.94. The van der Waals surface area contributed by atoms with E-state index in [-0.39, 0.29) is 0 Å². The van der Waals surface area contributed by atoms with Crippen LogP contribution in [-0.2, 0) is 95.3 Å². The summed E-state index contributed by atoms with van der Waals surface area (Å²) in [5, 5.41) is -0.980. The van der Waals surface area contributed by atoms with Crippen LogP contribution in [-0.4, -0.2) is 128 Å². The predicted molar refractivity (Wildman–Crippen MR) is 155 cm³/mol. The highest BCUT2D eigenvalue weighted by Crippen LogP contribution is 2.32. The third-order valence-corrected chi connectivity index (χ3v) is 6.67. The molecular formula is C28H37BrO20. The Labute approximate surface area is 287 Å². The number of hydrogen-bond donors (Lipinski definition) is 0. The lowest BCUT2D eigenvalue weighted by Crippen LogP contribution is -2.64. The van der Waals surface area contributed by atoms with Gasteiger partial charge in [0.1, 0.15) is 0 Å². The van der Waals surface area contributed by atoms with Crippen LogP contribution in [0, 0.1) is 0 Å². The van der Waals surface area contributed by atoms with Crippen molar-refractivity contribution < 1.29 is 95.3 Å². The molecule has 0 radical (unpaired) electrons. The van der Waals surface area contributed by atoms with Crippen LogP contribution in [0.1, 0.15) is 48.5 Å². The van der Waals surface area contributed by atoms with Crippen molar-refractivity contribution in [2.75, 3.05) is 14.2 Å². The first-order valence-corrected chi connectivity index (χ1v) is 15.0. The van der Waals surface area contributed by atoms with Crippen molar-refractivity contribution in [3.05, 3.63) is 0 Å². The fourth-order valence-corrected chi connectivity index (χ4v) is 5.05. The molecule has 2 saturated heterocycles. The van der Waals surface area contributed by atoms with E-state index in [1.165, 1.54) is 0 Å². The van der Waals surface area contributed by atoms with Crippen LogP contribution < -0.4 is 0 Å². The van der Waals surface area contributed by atoms with Crippen molar-refractivity contribution in [3.63, 3.8) is 0 Å². The maximum atomic E-state index is 12.0. The molecule has 0 bridgehead atoms. The Hall–Kier alpha value is -4.37. The Bertz CT molecular complexity index is 1270. The summed E-state index contributed by atoms with van der Waals surface area (Å²) in [5.74, 6) is -7.21. The van der Waals surface area contributed by atoms with Crippen LogP contribution in [0.5, 0.6) is 0 Å². The van der Waals surface area contributed by atoms with Gasteiger partial charge in [-0.3, -0.25) is 33.6 Å². The summed E-state index contributed by atoms with van der Waals surface area (Å²) in [4.78, 5) is 103. The number of hydrogen-bond acceptors (Lipinski definition) is 20. The molecule has 20 nitrogen and oxygen atoms in total. The Morgan fingerprint density at radius 2 is 0.694 bits per heavy atom. The summed E-state index contributed by atoms with van der Waals surface area (Å²) < 4.78 is 55.1. The van der Waals surface area contributed by atoms with Crippen LogP contribution in [0.2, 0.25) is 0 Å². The highest BCUT2D eigenvalue weighted by molar-refractivity contribution is 9.09. The normalized spacial score (nSPS) is 28.8. The summed E-state index contributed by atoms with van der Waals surface area (Å²) in [6.07, 6.45) is -12.7. The molecular weight excluding hydrogens is 736 g/mol. The number of alkyl halides is 1. The van der Waals surface area contributed by atoms with Gasteiger partial charge >= 0.3 is 53.7 Å². The number of carbonyl (C=O) groups excluding carboxylic acids is 9. The highest BCUT2D eigenvalue weighted by atomic mass is 79.9. The minimum atomic E-state index is -1.60. The average molecular weight is 773 g/mol. The van der Waals surface area contributed by atoms with Crippen molar-refractivity contribution >= 4 is 69.7 Å². The van der Waals surface area contributed by atoms with Gasteiger partial charge in [-0.15, -0.1) is 0 Å². The molecule has 2 aliphatic rings. The average Bonchev–Trinajstić information content (AvgIpc) is 2.97. The summed E-state index contributed by atoms with van der Waals surface area (Å²) >= 11 is 3.11. The first-order valence-electron chi connectivity index (χ1n) is 14.0. The van der Waals surface area contributed by atoms with Gasteiger partial charge in [0.15, 0.2) is 47.7 Å². The molecule has 0 unspecified atom stereocenters. The molecule has 0 aliphatic carbocycles. The minimum absolute atomic E-state index is 0.668. The number of carbonyl (C=O) groups is 9.